The van der Waals surface area contributed by atoms with Gasteiger partial charge in [-0.2, -0.15) is 5.10 Å². The predicted octanol–water partition coefficient (Wildman–Crippen LogP) is 2.88. The Morgan fingerprint density at radius 1 is 1.14 bits per heavy atom. The van der Waals surface area contributed by atoms with Gasteiger partial charge in [-0.25, -0.2) is 5.43 Å². The molecule has 1 aromatic carbocycles. The lowest BCUT2D eigenvalue weighted by molar-refractivity contribution is -0.136. The summed E-state index contributed by atoms with van der Waals surface area (Å²) in [5, 5.41) is 8.80. The van der Waals surface area contributed by atoms with Crippen molar-refractivity contribution in [3.05, 3.63) is 51.7 Å². The molecule has 0 saturated heterocycles. The smallest absolute Gasteiger partial charge is 0.318 e. The predicted molar refractivity (Wildman–Crippen MR) is 84.8 cm³/mol. The third-order valence-electron chi connectivity index (χ3n) is 2.51. The van der Waals surface area contributed by atoms with E-state index in [1.165, 1.54) is 11.3 Å². The van der Waals surface area contributed by atoms with Crippen LogP contribution >= 0.6 is 22.9 Å². The largest absolute Gasteiger partial charge is 0.329 e. The van der Waals surface area contributed by atoms with Gasteiger partial charge >= 0.3 is 11.8 Å². The highest BCUT2D eigenvalue weighted by molar-refractivity contribution is 7.12. The summed E-state index contributed by atoms with van der Waals surface area (Å²) >= 11 is 7.24. The molecule has 7 heteroatoms. The summed E-state index contributed by atoms with van der Waals surface area (Å²) in [5.74, 6) is -1.62. The van der Waals surface area contributed by atoms with E-state index in [1.54, 1.807) is 31.2 Å². The Kier molecular flexibility index (Phi) is 5.08. The zero-order valence-electron chi connectivity index (χ0n) is 11.1. The van der Waals surface area contributed by atoms with Crippen molar-refractivity contribution >= 4 is 46.2 Å². The third-order valence-corrected chi connectivity index (χ3v) is 3.74. The van der Waals surface area contributed by atoms with Crippen LogP contribution in [0.5, 0.6) is 0 Å². The van der Waals surface area contributed by atoms with Crippen molar-refractivity contribution in [3.8, 4) is 0 Å². The maximum absolute atomic E-state index is 11.7. The lowest BCUT2D eigenvalue weighted by Gasteiger charge is -2.04. The molecule has 1 aromatic heterocycles. The maximum atomic E-state index is 11.7. The van der Waals surface area contributed by atoms with E-state index < -0.39 is 11.8 Å². The quantitative estimate of drug-likeness (QED) is 0.518. The van der Waals surface area contributed by atoms with Crippen LogP contribution in [-0.2, 0) is 9.59 Å². The van der Waals surface area contributed by atoms with Gasteiger partial charge in [0.25, 0.3) is 0 Å². The summed E-state index contributed by atoms with van der Waals surface area (Å²) in [5.41, 5.74) is 3.34. The molecule has 0 fully saturated rings. The summed E-state index contributed by atoms with van der Waals surface area (Å²) in [6.07, 6.45) is 0. The number of carbonyl (C=O) groups excluding carboxylic acids is 2. The van der Waals surface area contributed by atoms with Gasteiger partial charge in [0, 0.05) is 15.6 Å². The molecule has 0 spiro atoms. The fourth-order valence-electron chi connectivity index (χ4n) is 1.45. The second-order valence-corrected chi connectivity index (χ2v) is 5.46. The van der Waals surface area contributed by atoms with E-state index in [0.29, 0.717) is 16.4 Å². The van der Waals surface area contributed by atoms with Crippen LogP contribution in [-0.4, -0.2) is 17.5 Å². The number of nitrogens with zero attached hydrogens (tertiary/aromatic N) is 1. The first kappa shape index (κ1) is 15.2. The Balaban J connectivity index is 1.92. The molecule has 108 valence electrons. The number of nitrogens with one attached hydrogen (secondary N) is 2. The average molecular weight is 322 g/mol. The Morgan fingerprint density at radius 3 is 2.48 bits per heavy atom. The number of benzene rings is 1. The molecule has 0 bridgehead atoms. The van der Waals surface area contributed by atoms with Gasteiger partial charge in [-0.15, -0.1) is 11.3 Å². The first-order chi connectivity index (χ1) is 10.1. The SMILES string of the molecule is C/C(=N\NC(=O)C(=O)Nc1ccc(Cl)cc1)c1cccs1. The standard InChI is InChI=1S/C14H12ClN3O2S/c1-9(12-3-2-8-21-12)17-18-14(20)13(19)16-11-6-4-10(15)5-7-11/h2-8H,1H3,(H,16,19)(H,18,20)/b17-9+. The minimum absolute atomic E-state index is 0.485. The monoisotopic (exact) mass is 321 g/mol. The van der Waals surface area contributed by atoms with E-state index in [1.807, 2.05) is 17.5 Å². The highest BCUT2D eigenvalue weighted by Crippen LogP contribution is 2.13. The van der Waals surface area contributed by atoms with Crippen LogP contribution in [0, 0.1) is 0 Å². The number of halogens is 1. The molecule has 0 atom stereocenters. The molecule has 2 rings (SSSR count). The Bertz CT molecular complexity index is 666. The van der Waals surface area contributed by atoms with Crippen molar-refractivity contribution in [2.75, 3.05) is 5.32 Å². The summed E-state index contributed by atoms with van der Waals surface area (Å²) < 4.78 is 0. The molecule has 1 heterocycles. The molecule has 5 nitrogen and oxygen atoms in total. The fraction of sp³-hybridized carbons (Fsp3) is 0.0714. The second kappa shape index (κ2) is 7.01. The van der Waals surface area contributed by atoms with Gasteiger partial charge in [-0.3, -0.25) is 9.59 Å². The summed E-state index contributed by atoms with van der Waals surface area (Å²) in [6.45, 7) is 1.75. The second-order valence-electron chi connectivity index (χ2n) is 4.08. The van der Waals surface area contributed by atoms with Gasteiger partial charge in [0.1, 0.15) is 0 Å². The zero-order valence-corrected chi connectivity index (χ0v) is 12.7. The van der Waals surface area contributed by atoms with E-state index in [4.69, 9.17) is 11.6 Å². The van der Waals surface area contributed by atoms with Crippen LogP contribution in [0.4, 0.5) is 5.69 Å². The van der Waals surface area contributed by atoms with Crippen molar-refractivity contribution in [2.45, 2.75) is 6.92 Å². The van der Waals surface area contributed by atoms with E-state index in [2.05, 4.69) is 15.8 Å². The van der Waals surface area contributed by atoms with Crippen LogP contribution in [0.3, 0.4) is 0 Å². The first-order valence-corrected chi connectivity index (χ1v) is 7.27. The van der Waals surface area contributed by atoms with Crippen LogP contribution in [0.25, 0.3) is 0 Å². The van der Waals surface area contributed by atoms with E-state index in [-0.39, 0.29) is 0 Å². The number of hydrazone groups is 1. The van der Waals surface area contributed by atoms with Gasteiger partial charge in [0.15, 0.2) is 0 Å². The molecule has 2 N–H and O–H groups in total. The molecule has 2 amide bonds. The topological polar surface area (TPSA) is 70.6 Å². The van der Waals surface area contributed by atoms with Crippen LogP contribution < -0.4 is 10.7 Å². The van der Waals surface area contributed by atoms with E-state index in [9.17, 15) is 9.59 Å². The maximum Gasteiger partial charge on any atom is 0.329 e. The van der Waals surface area contributed by atoms with Crippen molar-refractivity contribution in [1.29, 1.82) is 0 Å². The van der Waals surface area contributed by atoms with Gasteiger partial charge in [0.2, 0.25) is 0 Å². The van der Waals surface area contributed by atoms with Crippen LogP contribution in [0.15, 0.2) is 46.9 Å². The highest BCUT2D eigenvalue weighted by atomic mass is 35.5. The number of thiophene rings is 1. The number of amides is 2. The van der Waals surface area contributed by atoms with Crippen LogP contribution in [0.1, 0.15) is 11.8 Å². The summed E-state index contributed by atoms with van der Waals surface area (Å²) in [6, 6.07) is 10.2. The molecule has 0 aliphatic heterocycles. The molecule has 0 radical (unpaired) electrons. The molecular formula is C14H12ClN3O2S. The minimum atomic E-state index is -0.833. The van der Waals surface area contributed by atoms with Gasteiger partial charge in [-0.1, -0.05) is 17.7 Å². The van der Waals surface area contributed by atoms with Gasteiger partial charge < -0.3 is 5.32 Å². The lowest BCUT2D eigenvalue weighted by atomic mass is 10.3. The van der Waals surface area contributed by atoms with Crippen LogP contribution in [0.2, 0.25) is 5.02 Å². The van der Waals surface area contributed by atoms with Gasteiger partial charge in [0.05, 0.1) is 5.71 Å². The lowest BCUT2D eigenvalue weighted by Crippen LogP contribution is -2.32. The Hall–Kier alpha value is -2.18. The van der Waals surface area contributed by atoms with E-state index >= 15 is 0 Å². The van der Waals surface area contributed by atoms with Crippen molar-refractivity contribution in [2.24, 2.45) is 5.10 Å². The normalized spacial score (nSPS) is 11.0. The van der Waals surface area contributed by atoms with Crippen molar-refractivity contribution in [3.63, 3.8) is 0 Å². The minimum Gasteiger partial charge on any atom is -0.318 e. The van der Waals surface area contributed by atoms with E-state index in [0.717, 1.165) is 4.88 Å². The molecule has 0 aliphatic rings. The molecule has 0 aliphatic carbocycles. The number of hydrogen-bond acceptors (Lipinski definition) is 4. The average Bonchev–Trinajstić information content (AvgIpc) is 3.01. The summed E-state index contributed by atoms with van der Waals surface area (Å²) in [4.78, 5) is 24.2. The number of carbonyl (C=O) groups is 2. The molecule has 21 heavy (non-hydrogen) atoms. The summed E-state index contributed by atoms with van der Waals surface area (Å²) in [7, 11) is 0. The number of rotatable bonds is 3. The zero-order chi connectivity index (χ0) is 15.2. The fourth-order valence-corrected chi connectivity index (χ4v) is 2.25. The molecular weight excluding hydrogens is 310 g/mol. The highest BCUT2D eigenvalue weighted by Gasteiger charge is 2.13. The van der Waals surface area contributed by atoms with Gasteiger partial charge in [-0.05, 0) is 42.6 Å². The third kappa shape index (κ3) is 4.40. The first-order valence-electron chi connectivity index (χ1n) is 6.01. The number of hydrogen-bond donors (Lipinski definition) is 2. The molecule has 2 aromatic rings. The van der Waals surface area contributed by atoms with Crippen molar-refractivity contribution < 1.29 is 9.59 Å². The Labute approximate surface area is 130 Å². The Morgan fingerprint density at radius 2 is 1.86 bits per heavy atom. The molecule has 0 saturated carbocycles. The molecule has 0 unspecified atom stereocenters. The van der Waals surface area contributed by atoms with Crippen molar-refractivity contribution in [1.82, 2.24) is 5.43 Å². The number of anilines is 1.